The van der Waals surface area contributed by atoms with Gasteiger partial charge in [0.05, 0.1) is 31.9 Å². The van der Waals surface area contributed by atoms with E-state index in [0.29, 0.717) is 21.4 Å². The molecule has 0 bridgehead atoms. The predicted octanol–water partition coefficient (Wildman–Crippen LogP) is 3.84. The van der Waals surface area contributed by atoms with Gasteiger partial charge in [-0.3, -0.25) is 24.8 Å². The monoisotopic (exact) mass is 447 g/mol. The Morgan fingerprint density at radius 2 is 1.93 bits per heavy atom. The molecule has 0 fully saturated rings. The van der Waals surface area contributed by atoms with Gasteiger partial charge in [0.25, 0.3) is 17.2 Å². The lowest BCUT2D eigenvalue weighted by Gasteiger charge is -2.03. The number of rotatable bonds is 5. The smallest absolute Gasteiger partial charge is 0.280 e. The number of hydrogen-bond donors (Lipinski definition) is 2. The van der Waals surface area contributed by atoms with Crippen LogP contribution < -0.4 is 11.0 Å². The lowest BCUT2D eigenvalue weighted by atomic mass is 10.2. The number of H-pyrrole nitrogens is 1. The van der Waals surface area contributed by atoms with Crippen LogP contribution in [0.4, 0.5) is 5.69 Å². The molecule has 2 N–H and O–H groups in total. The fourth-order valence-electron chi connectivity index (χ4n) is 2.79. The minimum Gasteiger partial charge on any atom is -0.295 e. The highest BCUT2D eigenvalue weighted by Crippen LogP contribution is 2.24. The van der Waals surface area contributed by atoms with Gasteiger partial charge in [-0.05, 0) is 38.1 Å². The van der Waals surface area contributed by atoms with Gasteiger partial charge in [-0.25, -0.2) is 10.1 Å². The van der Waals surface area contributed by atoms with Gasteiger partial charge in [0.15, 0.2) is 0 Å². The molecule has 0 saturated heterocycles. The molecule has 2 aromatic carbocycles. The van der Waals surface area contributed by atoms with Gasteiger partial charge in [-0.15, -0.1) is 0 Å². The number of amides is 1. The lowest BCUT2D eigenvalue weighted by Crippen LogP contribution is -2.23. The number of nitro groups is 1. The minimum absolute atomic E-state index is 0.0692. The number of aryl methyl sites for hydroxylation is 1. The van der Waals surface area contributed by atoms with Crippen LogP contribution in [0, 0.1) is 17.0 Å². The van der Waals surface area contributed by atoms with E-state index in [1.807, 2.05) is 0 Å². The van der Waals surface area contributed by atoms with E-state index in [1.165, 1.54) is 22.9 Å². The Labute approximate surface area is 180 Å². The molecule has 0 saturated carbocycles. The van der Waals surface area contributed by atoms with Crippen LogP contribution in [0.2, 0.25) is 10.0 Å². The summed E-state index contributed by atoms with van der Waals surface area (Å²) in [4.78, 5) is 35.4. The van der Waals surface area contributed by atoms with Crippen LogP contribution in [-0.4, -0.2) is 26.3 Å². The van der Waals surface area contributed by atoms with Crippen LogP contribution in [0.25, 0.3) is 5.69 Å². The lowest BCUT2D eigenvalue weighted by molar-refractivity contribution is -0.384. The average molecular weight is 448 g/mol. The third-order valence-corrected chi connectivity index (χ3v) is 4.98. The molecule has 0 atom stereocenters. The number of benzene rings is 2. The molecule has 1 amide bonds. The van der Waals surface area contributed by atoms with Crippen molar-refractivity contribution in [2.45, 2.75) is 13.8 Å². The van der Waals surface area contributed by atoms with Crippen LogP contribution >= 0.6 is 23.2 Å². The number of carbonyl (C=O) groups is 1. The van der Waals surface area contributed by atoms with Crippen LogP contribution in [0.5, 0.6) is 0 Å². The Balaban J connectivity index is 1.88. The fourth-order valence-corrected chi connectivity index (χ4v) is 3.09. The second kappa shape index (κ2) is 8.52. The molecular formula is C19H15Cl2N5O4. The number of nitrogens with zero attached hydrogens (tertiary/aromatic N) is 3. The van der Waals surface area contributed by atoms with Crippen LogP contribution in [0.3, 0.4) is 0 Å². The number of hydrazone groups is 1. The minimum atomic E-state index is -0.643. The van der Waals surface area contributed by atoms with E-state index in [2.05, 4.69) is 15.6 Å². The Hall–Kier alpha value is -3.43. The highest BCUT2D eigenvalue weighted by molar-refractivity contribution is 6.42. The second-order valence-electron chi connectivity index (χ2n) is 6.30. The number of aromatic nitrogens is 2. The fraction of sp³-hybridized carbons (Fsp3) is 0.105. The normalized spacial score (nSPS) is 11.4. The molecule has 30 heavy (non-hydrogen) atoms. The summed E-state index contributed by atoms with van der Waals surface area (Å²) < 4.78 is 1.29. The molecule has 0 radical (unpaired) electrons. The third-order valence-electron chi connectivity index (χ3n) is 4.24. The highest BCUT2D eigenvalue weighted by Gasteiger charge is 2.17. The Kier molecular flexibility index (Phi) is 6.04. The van der Waals surface area contributed by atoms with Crippen molar-refractivity contribution in [3.05, 3.63) is 89.8 Å². The van der Waals surface area contributed by atoms with Crippen molar-refractivity contribution in [3.8, 4) is 5.69 Å². The summed E-state index contributed by atoms with van der Waals surface area (Å²) in [5.41, 5.74) is 3.30. The zero-order valence-corrected chi connectivity index (χ0v) is 17.3. The maximum atomic E-state index is 12.8. The van der Waals surface area contributed by atoms with Crippen LogP contribution in [-0.2, 0) is 0 Å². The maximum Gasteiger partial charge on any atom is 0.280 e. The highest BCUT2D eigenvalue weighted by atomic mass is 35.5. The zero-order chi connectivity index (χ0) is 22.0. The molecule has 3 aromatic rings. The first-order chi connectivity index (χ1) is 14.2. The predicted molar refractivity (Wildman–Crippen MR) is 114 cm³/mol. The largest absolute Gasteiger partial charge is 0.295 e. The molecule has 1 aromatic heterocycles. The summed E-state index contributed by atoms with van der Waals surface area (Å²) in [6.45, 7) is 3.25. The summed E-state index contributed by atoms with van der Waals surface area (Å²) in [7, 11) is 0. The first-order valence-corrected chi connectivity index (χ1v) is 9.31. The molecule has 154 valence electrons. The van der Waals surface area contributed by atoms with E-state index in [4.69, 9.17) is 23.2 Å². The standard InChI is InChI=1S/C19H15Cl2N5O4/c1-10(22-23-18(27)12-4-3-5-14(8-12)26(29)30)17-11(2)24-25(19(17)28)13-6-7-15(20)16(21)9-13/h3-9,24H,1-2H3,(H,23,27)/b22-10+. The summed E-state index contributed by atoms with van der Waals surface area (Å²) in [6.07, 6.45) is 0. The quantitative estimate of drug-likeness (QED) is 0.350. The van der Waals surface area contributed by atoms with Gasteiger partial charge >= 0.3 is 0 Å². The van der Waals surface area contributed by atoms with Gasteiger partial charge in [0, 0.05) is 23.4 Å². The van der Waals surface area contributed by atoms with E-state index in [0.717, 1.165) is 6.07 Å². The molecule has 0 aliphatic heterocycles. The van der Waals surface area contributed by atoms with E-state index in [1.54, 1.807) is 32.0 Å². The topological polar surface area (TPSA) is 122 Å². The van der Waals surface area contributed by atoms with Crippen LogP contribution in [0.15, 0.2) is 52.4 Å². The Morgan fingerprint density at radius 3 is 2.60 bits per heavy atom. The van der Waals surface area contributed by atoms with Crippen LogP contribution in [0.1, 0.15) is 28.5 Å². The summed E-state index contributed by atoms with van der Waals surface area (Å²) >= 11 is 11.9. The zero-order valence-electron chi connectivity index (χ0n) is 15.8. The Morgan fingerprint density at radius 1 is 1.20 bits per heavy atom. The third kappa shape index (κ3) is 4.27. The molecule has 1 heterocycles. The first kappa shape index (κ1) is 21.3. The second-order valence-corrected chi connectivity index (χ2v) is 7.11. The van der Waals surface area contributed by atoms with Gasteiger partial charge in [0.2, 0.25) is 0 Å². The van der Waals surface area contributed by atoms with E-state index in [9.17, 15) is 19.7 Å². The number of carbonyl (C=O) groups excluding carboxylic acids is 1. The van der Waals surface area contributed by atoms with E-state index in [-0.39, 0.29) is 22.5 Å². The molecule has 11 heteroatoms. The molecule has 3 rings (SSSR count). The van der Waals surface area contributed by atoms with Gasteiger partial charge in [0.1, 0.15) is 0 Å². The van der Waals surface area contributed by atoms with Gasteiger partial charge < -0.3 is 0 Å². The molecule has 0 aliphatic carbocycles. The number of hydrogen-bond acceptors (Lipinski definition) is 5. The van der Waals surface area contributed by atoms with Gasteiger partial charge in [-0.1, -0.05) is 29.3 Å². The number of aromatic amines is 1. The number of nitrogens with one attached hydrogen (secondary N) is 2. The maximum absolute atomic E-state index is 12.8. The average Bonchev–Trinajstić information content (AvgIpc) is 3.02. The SMILES string of the molecule is C/C(=N\NC(=O)c1cccc([N+](=O)[O-])c1)c1c(C)[nH]n(-c2ccc(Cl)c(Cl)c2)c1=O. The van der Waals surface area contributed by atoms with Crippen molar-refractivity contribution in [2.24, 2.45) is 5.10 Å². The number of non-ortho nitro benzene ring substituents is 1. The van der Waals surface area contributed by atoms with Crippen molar-refractivity contribution in [1.29, 1.82) is 0 Å². The summed E-state index contributed by atoms with van der Waals surface area (Å²) in [6, 6.07) is 9.98. The Bertz CT molecular complexity index is 1250. The van der Waals surface area contributed by atoms with Crippen molar-refractivity contribution >= 4 is 40.5 Å². The number of nitro benzene ring substituents is 1. The molecule has 9 nitrogen and oxygen atoms in total. The number of halogens is 2. The van der Waals surface area contributed by atoms with E-state index >= 15 is 0 Å². The molecule has 0 unspecified atom stereocenters. The van der Waals surface area contributed by atoms with E-state index < -0.39 is 16.4 Å². The molecule has 0 spiro atoms. The molecule has 0 aliphatic rings. The van der Waals surface area contributed by atoms with Crippen molar-refractivity contribution < 1.29 is 9.72 Å². The summed E-state index contributed by atoms with van der Waals surface area (Å²) in [5, 5.41) is 18.4. The van der Waals surface area contributed by atoms with Gasteiger partial charge in [-0.2, -0.15) is 5.10 Å². The summed E-state index contributed by atoms with van der Waals surface area (Å²) in [5.74, 6) is -0.643. The van der Waals surface area contributed by atoms with Crippen molar-refractivity contribution in [3.63, 3.8) is 0 Å². The van der Waals surface area contributed by atoms with Crippen molar-refractivity contribution in [2.75, 3.05) is 0 Å². The van der Waals surface area contributed by atoms with Crippen molar-refractivity contribution in [1.82, 2.24) is 15.2 Å². The first-order valence-electron chi connectivity index (χ1n) is 8.55. The molecular weight excluding hydrogens is 433 g/mol.